The highest BCUT2D eigenvalue weighted by atomic mass is 79.9. The van der Waals surface area contributed by atoms with Gasteiger partial charge >= 0.3 is 11.9 Å². The zero-order chi connectivity index (χ0) is 31.9. The Hall–Kier alpha value is -3.61. The molecule has 2 aromatic carbocycles. The number of ether oxygens (including phenoxy) is 4. The van der Waals surface area contributed by atoms with Crippen LogP contribution >= 0.6 is 27.3 Å². The van der Waals surface area contributed by atoms with Crippen LogP contribution in [0.5, 0.6) is 11.5 Å². The van der Waals surface area contributed by atoms with Crippen molar-refractivity contribution in [3.05, 3.63) is 57.9 Å². The number of rotatable bonds is 11. The van der Waals surface area contributed by atoms with Gasteiger partial charge in [0, 0.05) is 17.4 Å². The number of hydrogen-bond donors (Lipinski definition) is 3. The molecular weight excluding hydrogens is 650 g/mol. The van der Waals surface area contributed by atoms with E-state index in [-0.39, 0.29) is 29.1 Å². The lowest BCUT2D eigenvalue weighted by Gasteiger charge is -2.31. The smallest absolute Gasteiger partial charge is 0.351 e. The minimum absolute atomic E-state index is 0.109. The number of hydrogen-bond acceptors (Lipinski definition) is 10. The first kappa shape index (κ1) is 33.3. The third kappa shape index (κ3) is 8.73. The summed E-state index contributed by atoms with van der Waals surface area (Å²) in [5, 5.41) is 9.89. The van der Waals surface area contributed by atoms with Crippen LogP contribution in [0.1, 0.15) is 43.3 Å². The fraction of sp³-hybridized carbons (Fsp3) is 0.406. The van der Waals surface area contributed by atoms with E-state index < -0.39 is 23.6 Å². The van der Waals surface area contributed by atoms with Gasteiger partial charge in [-0.3, -0.25) is 4.79 Å². The van der Waals surface area contributed by atoms with Crippen LogP contribution in [0.3, 0.4) is 0 Å². The number of methoxy groups -OCH3 is 2. The molecule has 1 fully saturated rings. The number of nitrogens with one attached hydrogen (secondary N) is 3. The molecule has 0 radical (unpaired) electrons. The monoisotopic (exact) mass is 687 g/mol. The minimum Gasteiger partial charge on any atom is -0.497 e. The molecule has 4 rings (SSSR count). The average Bonchev–Trinajstić information content (AvgIpc) is 3.34. The number of piperidine rings is 1. The number of esters is 2. The first-order valence-corrected chi connectivity index (χ1v) is 15.9. The molecule has 1 aliphatic rings. The zero-order valence-corrected chi connectivity index (χ0v) is 27.9. The van der Waals surface area contributed by atoms with Gasteiger partial charge in [-0.2, -0.15) is 0 Å². The predicted molar refractivity (Wildman–Crippen MR) is 175 cm³/mol. The maximum absolute atomic E-state index is 13.6. The summed E-state index contributed by atoms with van der Waals surface area (Å²) in [4.78, 5) is 39.5. The van der Waals surface area contributed by atoms with Crippen molar-refractivity contribution in [2.45, 2.75) is 45.3 Å². The number of anilines is 2. The normalized spacial score (nSPS) is 14.3. The molecule has 1 aliphatic heterocycles. The molecule has 1 unspecified atom stereocenters. The predicted octanol–water partition coefficient (Wildman–Crippen LogP) is 6.11. The van der Waals surface area contributed by atoms with Gasteiger partial charge in [0.1, 0.15) is 17.4 Å². The fourth-order valence-corrected chi connectivity index (χ4v) is 6.83. The Bertz CT molecular complexity index is 1480. The number of amides is 1. The number of carbonyl (C=O) groups is 3. The standard InChI is InChI=1S/C32H38BrN3O7S/c1-32(2,3)43-24(37)18-42-27-25(33)28(44-29(27)31(39)41-5)20-8-6-9-21(16-20)35-26(19-12-14-34-15-13-19)30(38)36-22-10-7-11-23(17-22)40-4/h6-11,16-17,19,26,34-35H,12-15,18H2,1-5H3,(H,36,38). The van der Waals surface area contributed by atoms with Gasteiger partial charge in [0.2, 0.25) is 5.91 Å². The van der Waals surface area contributed by atoms with Crippen molar-refractivity contribution in [3.8, 4) is 21.9 Å². The summed E-state index contributed by atoms with van der Waals surface area (Å²) in [6.45, 7) is 6.59. The van der Waals surface area contributed by atoms with Crippen molar-refractivity contribution in [3.63, 3.8) is 0 Å². The Balaban J connectivity index is 1.60. The molecule has 2 heterocycles. The Kier molecular flexibility index (Phi) is 11.3. The molecule has 1 amide bonds. The lowest BCUT2D eigenvalue weighted by Crippen LogP contribution is -2.45. The highest BCUT2D eigenvalue weighted by Gasteiger charge is 2.31. The van der Waals surface area contributed by atoms with Crippen LogP contribution in [0.4, 0.5) is 11.4 Å². The van der Waals surface area contributed by atoms with E-state index in [4.69, 9.17) is 18.9 Å². The lowest BCUT2D eigenvalue weighted by molar-refractivity contribution is -0.157. The molecule has 0 bridgehead atoms. The van der Waals surface area contributed by atoms with Crippen LogP contribution in [0.25, 0.3) is 10.4 Å². The van der Waals surface area contributed by atoms with Crippen molar-refractivity contribution in [1.82, 2.24) is 5.32 Å². The fourth-order valence-electron chi connectivity index (χ4n) is 4.87. The zero-order valence-electron chi connectivity index (χ0n) is 25.5. The lowest BCUT2D eigenvalue weighted by atomic mass is 9.89. The first-order chi connectivity index (χ1) is 21.0. The summed E-state index contributed by atoms with van der Waals surface area (Å²) in [5.74, 6) is -0.321. The third-order valence-corrected chi connectivity index (χ3v) is 9.08. The van der Waals surface area contributed by atoms with Gasteiger partial charge in [-0.1, -0.05) is 18.2 Å². The summed E-state index contributed by atoms with van der Waals surface area (Å²) in [6, 6.07) is 14.4. The van der Waals surface area contributed by atoms with Crippen LogP contribution in [-0.4, -0.2) is 63.4 Å². The number of benzene rings is 2. The average molecular weight is 689 g/mol. The van der Waals surface area contributed by atoms with Crippen molar-refractivity contribution < 1.29 is 33.3 Å². The largest absolute Gasteiger partial charge is 0.497 e. The van der Waals surface area contributed by atoms with Crippen LogP contribution in [0, 0.1) is 5.92 Å². The molecule has 44 heavy (non-hydrogen) atoms. The molecule has 3 aromatic rings. The van der Waals surface area contributed by atoms with Crippen LogP contribution < -0.4 is 25.4 Å². The van der Waals surface area contributed by atoms with Gasteiger partial charge in [0.25, 0.3) is 0 Å². The van der Waals surface area contributed by atoms with E-state index in [9.17, 15) is 14.4 Å². The second-order valence-electron chi connectivity index (χ2n) is 11.3. The van der Waals surface area contributed by atoms with Crippen molar-refractivity contribution in [2.75, 3.05) is 44.5 Å². The third-order valence-electron chi connectivity index (χ3n) is 6.86. The van der Waals surface area contributed by atoms with E-state index in [0.717, 1.165) is 37.2 Å². The molecule has 1 saturated heterocycles. The van der Waals surface area contributed by atoms with E-state index in [2.05, 4.69) is 31.9 Å². The van der Waals surface area contributed by atoms with Gasteiger partial charge in [0.15, 0.2) is 17.2 Å². The molecule has 1 aromatic heterocycles. The Morgan fingerprint density at radius 3 is 2.43 bits per heavy atom. The van der Waals surface area contributed by atoms with E-state index in [1.807, 2.05) is 42.5 Å². The molecular formula is C32H38BrN3O7S. The van der Waals surface area contributed by atoms with Crippen LogP contribution in [-0.2, 0) is 19.1 Å². The van der Waals surface area contributed by atoms with Gasteiger partial charge in [0.05, 0.1) is 23.6 Å². The van der Waals surface area contributed by atoms with Crippen LogP contribution in [0.2, 0.25) is 0 Å². The van der Waals surface area contributed by atoms with E-state index in [1.54, 1.807) is 33.9 Å². The highest BCUT2D eigenvalue weighted by Crippen LogP contribution is 2.46. The molecule has 0 saturated carbocycles. The summed E-state index contributed by atoms with van der Waals surface area (Å²) in [5.41, 5.74) is 1.50. The summed E-state index contributed by atoms with van der Waals surface area (Å²) >= 11 is 4.76. The molecule has 3 N–H and O–H groups in total. The van der Waals surface area contributed by atoms with Gasteiger partial charge in [-0.25, -0.2) is 9.59 Å². The number of carbonyl (C=O) groups excluding carboxylic acids is 3. The Morgan fingerprint density at radius 2 is 1.75 bits per heavy atom. The minimum atomic E-state index is -0.674. The van der Waals surface area contributed by atoms with Crippen molar-refractivity contribution in [2.24, 2.45) is 5.92 Å². The molecule has 1 atom stereocenters. The summed E-state index contributed by atoms with van der Waals surface area (Å²) in [7, 11) is 2.87. The molecule has 10 nitrogen and oxygen atoms in total. The van der Waals surface area contributed by atoms with E-state index in [1.165, 1.54) is 18.4 Å². The second-order valence-corrected chi connectivity index (χ2v) is 13.1. The van der Waals surface area contributed by atoms with Crippen LogP contribution in [0.15, 0.2) is 53.0 Å². The molecule has 236 valence electrons. The molecule has 0 spiro atoms. The SMILES string of the molecule is COC(=O)c1sc(-c2cccc(NC(C(=O)Nc3cccc(OC)c3)C3CCNCC3)c2)c(Br)c1OCC(=O)OC(C)(C)C. The molecule has 12 heteroatoms. The van der Waals surface area contributed by atoms with E-state index >= 15 is 0 Å². The second kappa shape index (κ2) is 14.9. The van der Waals surface area contributed by atoms with Crippen molar-refractivity contribution >= 4 is 56.5 Å². The van der Waals surface area contributed by atoms with Gasteiger partial charge in [-0.15, -0.1) is 11.3 Å². The quantitative estimate of drug-likeness (QED) is 0.205. The van der Waals surface area contributed by atoms with Gasteiger partial charge in [-0.05, 0) is 98.4 Å². The Labute approximate surface area is 269 Å². The van der Waals surface area contributed by atoms with Gasteiger partial charge < -0.3 is 34.9 Å². The summed E-state index contributed by atoms with van der Waals surface area (Å²) < 4.78 is 21.9. The summed E-state index contributed by atoms with van der Waals surface area (Å²) in [6.07, 6.45) is 1.69. The topological polar surface area (TPSA) is 124 Å². The molecule has 0 aliphatic carbocycles. The number of thiophene rings is 1. The number of halogens is 1. The Morgan fingerprint density at radius 1 is 1.05 bits per heavy atom. The highest BCUT2D eigenvalue weighted by molar-refractivity contribution is 9.10. The maximum atomic E-state index is 13.6. The first-order valence-electron chi connectivity index (χ1n) is 14.3. The van der Waals surface area contributed by atoms with E-state index in [0.29, 0.717) is 20.8 Å². The van der Waals surface area contributed by atoms with Crippen molar-refractivity contribution in [1.29, 1.82) is 0 Å². The maximum Gasteiger partial charge on any atom is 0.351 e.